The predicted octanol–water partition coefficient (Wildman–Crippen LogP) is 4.44. The minimum Gasteiger partial charge on any atom is -0.494 e. The maximum absolute atomic E-state index is 13.9. The molecule has 0 saturated carbocycles. The lowest BCUT2D eigenvalue weighted by Crippen LogP contribution is -2.47. The van der Waals surface area contributed by atoms with Crippen molar-refractivity contribution < 1.29 is 18.9 Å². The molecule has 0 N–H and O–H groups in total. The van der Waals surface area contributed by atoms with Gasteiger partial charge in [-0.2, -0.15) is 0 Å². The van der Waals surface area contributed by atoms with Crippen molar-refractivity contribution in [2.75, 3.05) is 19.0 Å². The van der Waals surface area contributed by atoms with Crippen LogP contribution in [0.3, 0.4) is 0 Å². The van der Waals surface area contributed by atoms with Crippen LogP contribution in [0.4, 0.5) is 5.69 Å². The number of benzene rings is 2. The molecule has 1 atom stereocenters. The molecule has 1 unspecified atom stereocenters. The van der Waals surface area contributed by atoms with Crippen molar-refractivity contribution in [3.05, 3.63) is 54.6 Å². The standard InChI is InChI=1S/C24H30BNO4/c1-6-9-17-24(8-3)23(27)26(22-20(28-4)11-10-12-21(22)29-5)25(30-24)19-15-13-18(7-2)14-16-19/h7,10-16H,2,6,8-9,17H2,1,3-5H3. The summed E-state index contributed by atoms with van der Waals surface area (Å²) in [5.41, 5.74) is 1.63. The summed E-state index contributed by atoms with van der Waals surface area (Å²) < 4.78 is 17.8. The molecular weight excluding hydrogens is 377 g/mol. The SMILES string of the molecule is C=Cc1ccc(B2OC(CC)(CCCC)C(=O)N2c2c(OC)cccc2OC)cc1. The summed E-state index contributed by atoms with van der Waals surface area (Å²) in [6.45, 7) is 7.95. The van der Waals surface area contributed by atoms with Crippen LogP contribution < -0.4 is 19.7 Å². The lowest BCUT2D eigenvalue weighted by Gasteiger charge is -2.27. The first-order valence-electron chi connectivity index (χ1n) is 10.5. The molecule has 2 aromatic carbocycles. The van der Waals surface area contributed by atoms with Crippen LogP contribution in [0.5, 0.6) is 11.5 Å². The monoisotopic (exact) mass is 407 g/mol. The van der Waals surface area contributed by atoms with E-state index in [1.165, 1.54) is 0 Å². The molecule has 2 aromatic rings. The zero-order valence-corrected chi connectivity index (χ0v) is 18.3. The van der Waals surface area contributed by atoms with Gasteiger partial charge in [0, 0.05) is 0 Å². The smallest absolute Gasteiger partial charge is 0.460 e. The number of nitrogens with zero attached hydrogens (tertiary/aromatic N) is 1. The highest BCUT2D eigenvalue weighted by atomic mass is 16.5. The van der Waals surface area contributed by atoms with E-state index in [9.17, 15) is 4.79 Å². The largest absolute Gasteiger partial charge is 0.494 e. The number of unbranched alkanes of at least 4 members (excludes halogenated alkanes) is 1. The first-order chi connectivity index (χ1) is 14.5. The van der Waals surface area contributed by atoms with Gasteiger partial charge < -0.3 is 18.9 Å². The summed E-state index contributed by atoms with van der Waals surface area (Å²) in [5.74, 6) is 1.09. The van der Waals surface area contributed by atoms with Crippen LogP contribution in [0.25, 0.3) is 6.08 Å². The zero-order valence-electron chi connectivity index (χ0n) is 18.3. The Hall–Kier alpha value is -2.73. The Morgan fingerprint density at radius 1 is 1.10 bits per heavy atom. The predicted molar refractivity (Wildman–Crippen MR) is 123 cm³/mol. The molecule has 30 heavy (non-hydrogen) atoms. The topological polar surface area (TPSA) is 48.0 Å². The normalized spacial score (nSPS) is 18.6. The molecular formula is C24H30BNO4. The summed E-state index contributed by atoms with van der Waals surface area (Å²) in [7, 11) is 2.62. The van der Waals surface area contributed by atoms with Crippen molar-refractivity contribution in [1.29, 1.82) is 0 Å². The van der Waals surface area contributed by atoms with Crippen LogP contribution in [0.2, 0.25) is 0 Å². The highest BCUT2D eigenvalue weighted by Crippen LogP contribution is 2.44. The number of methoxy groups -OCH3 is 2. The molecule has 1 aliphatic rings. The number of ether oxygens (including phenoxy) is 2. The summed E-state index contributed by atoms with van der Waals surface area (Å²) in [4.78, 5) is 15.6. The van der Waals surface area contributed by atoms with Gasteiger partial charge in [0.15, 0.2) is 0 Å². The summed E-state index contributed by atoms with van der Waals surface area (Å²) in [5, 5.41) is 0. The van der Waals surface area contributed by atoms with Crippen molar-refractivity contribution in [2.24, 2.45) is 0 Å². The molecule has 1 saturated heterocycles. The number of amides is 1. The molecule has 0 bridgehead atoms. The number of hydrogen-bond donors (Lipinski definition) is 0. The molecule has 1 fully saturated rings. The number of para-hydroxylation sites is 1. The van der Waals surface area contributed by atoms with E-state index in [1.54, 1.807) is 25.1 Å². The molecule has 0 radical (unpaired) electrons. The second-order valence-electron chi connectivity index (χ2n) is 7.48. The first kappa shape index (κ1) is 22.0. The number of hydrogen-bond acceptors (Lipinski definition) is 4. The third-order valence-corrected chi connectivity index (χ3v) is 5.79. The van der Waals surface area contributed by atoms with Crippen molar-refractivity contribution in [2.45, 2.75) is 45.1 Å². The molecule has 3 rings (SSSR count). The maximum Gasteiger partial charge on any atom is 0.460 e. The Morgan fingerprint density at radius 2 is 1.73 bits per heavy atom. The van der Waals surface area contributed by atoms with Gasteiger partial charge in [-0.25, -0.2) is 0 Å². The van der Waals surface area contributed by atoms with Crippen LogP contribution in [0, 0.1) is 0 Å². The van der Waals surface area contributed by atoms with E-state index >= 15 is 0 Å². The van der Waals surface area contributed by atoms with Gasteiger partial charge >= 0.3 is 7.05 Å². The fourth-order valence-electron chi connectivity index (χ4n) is 3.98. The van der Waals surface area contributed by atoms with Gasteiger partial charge in [-0.15, -0.1) is 0 Å². The number of carbonyl (C=O) groups excluding carboxylic acids is 1. The Labute approximate surface area is 179 Å². The van der Waals surface area contributed by atoms with Gasteiger partial charge in [0.05, 0.1) is 14.2 Å². The first-order valence-corrected chi connectivity index (χ1v) is 10.5. The summed E-state index contributed by atoms with van der Waals surface area (Å²) in [6, 6.07) is 13.4. The summed E-state index contributed by atoms with van der Waals surface area (Å²) >= 11 is 0. The van der Waals surface area contributed by atoms with E-state index in [0.717, 1.165) is 23.9 Å². The van der Waals surface area contributed by atoms with Gasteiger partial charge in [-0.1, -0.05) is 69.7 Å². The average Bonchev–Trinajstić information content (AvgIpc) is 3.09. The summed E-state index contributed by atoms with van der Waals surface area (Å²) in [6.07, 6.45) is 4.98. The number of anilines is 1. The minimum atomic E-state index is -0.871. The van der Waals surface area contributed by atoms with Crippen molar-refractivity contribution in [3.63, 3.8) is 0 Å². The molecule has 1 heterocycles. The van der Waals surface area contributed by atoms with Gasteiger partial charge in [-0.3, -0.25) is 4.79 Å². The van der Waals surface area contributed by atoms with Crippen LogP contribution in [0.15, 0.2) is 49.0 Å². The molecule has 6 heteroatoms. The Kier molecular flexibility index (Phi) is 6.88. The van der Waals surface area contributed by atoms with E-state index in [-0.39, 0.29) is 5.91 Å². The zero-order chi connectivity index (χ0) is 21.7. The highest BCUT2D eigenvalue weighted by Gasteiger charge is 2.56. The lowest BCUT2D eigenvalue weighted by atomic mass is 9.71. The number of carbonyl (C=O) groups is 1. The fraction of sp³-hybridized carbons (Fsp3) is 0.375. The third-order valence-electron chi connectivity index (χ3n) is 5.79. The third kappa shape index (κ3) is 3.84. The van der Waals surface area contributed by atoms with Crippen molar-refractivity contribution in [3.8, 4) is 11.5 Å². The van der Waals surface area contributed by atoms with Gasteiger partial charge in [-0.05, 0) is 36.0 Å². The molecule has 0 aliphatic carbocycles. The second kappa shape index (κ2) is 9.39. The Bertz CT molecular complexity index is 876. The molecule has 5 nitrogen and oxygen atoms in total. The van der Waals surface area contributed by atoms with E-state index in [4.69, 9.17) is 14.1 Å². The second-order valence-corrected chi connectivity index (χ2v) is 7.48. The number of rotatable bonds is 9. The van der Waals surface area contributed by atoms with Crippen LogP contribution in [-0.4, -0.2) is 32.8 Å². The van der Waals surface area contributed by atoms with E-state index in [1.807, 2.05) is 49.4 Å². The molecule has 1 aliphatic heterocycles. The molecule has 1 amide bonds. The average molecular weight is 407 g/mol. The van der Waals surface area contributed by atoms with E-state index < -0.39 is 12.7 Å². The molecule has 0 aromatic heterocycles. The van der Waals surface area contributed by atoms with Gasteiger partial charge in [0.2, 0.25) is 5.91 Å². The van der Waals surface area contributed by atoms with Crippen molar-refractivity contribution in [1.82, 2.24) is 0 Å². The Balaban J connectivity index is 2.17. The van der Waals surface area contributed by atoms with Crippen LogP contribution >= 0.6 is 0 Å². The van der Waals surface area contributed by atoms with E-state index in [2.05, 4.69) is 13.5 Å². The Morgan fingerprint density at radius 3 is 2.23 bits per heavy atom. The van der Waals surface area contributed by atoms with Gasteiger partial charge in [0.25, 0.3) is 0 Å². The molecule has 0 spiro atoms. The lowest BCUT2D eigenvalue weighted by molar-refractivity contribution is -0.130. The quantitative estimate of drug-likeness (QED) is 0.577. The van der Waals surface area contributed by atoms with Gasteiger partial charge in [0.1, 0.15) is 22.8 Å². The van der Waals surface area contributed by atoms with Crippen molar-refractivity contribution >= 4 is 30.2 Å². The van der Waals surface area contributed by atoms with E-state index in [0.29, 0.717) is 30.0 Å². The molecule has 158 valence electrons. The highest BCUT2D eigenvalue weighted by molar-refractivity contribution is 6.77. The fourth-order valence-corrected chi connectivity index (χ4v) is 3.98. The van der Waals surface area contributed by atoms with Crippen LogP contribution in [0.1, 0.15) is 45.1 Å². The minimum absolute atomic E-state index is 0.0564. The maximum atomic E-state index is 13.9. The van der Waals surface area contributed by atoms with Crippen LogP contribution in [-0.2, 0) is 9.45 Å².